The molecule has 302 valence electrons. The number of benzene rings is 8. The zero-order chi connectivity index (χ0) is 42.6. The lowest BCUT2D eigenvalue weighted by Crippen LogP contribution is -2.10. The third-order valence-electron chi connectivity index (χ3n) is 12.3. The van der Waals surface area contributed by atoms with Gasteiger partial charge in [-0.1, -0.05) is 187 Å². The van der Waals surface area contributed by atoms with Gasteiger partial charge in [-0.05, 0) is 110 Å². The van der Waals surface area contributed by atoms with Crippen molar-refractivity contribution in [2.24, 2.45) is 0 Å². The van der Waals surface area contributed by atoms with Gasteiger partial charge in [0.2, 0.25) is 0 Å². The van der Waals surface area contributed by atoms with Gasteiger partial charge >= 0.3 is 0 Å². The lowest BCUT2D eigenvalue weighted by Gasteiger charge is -2.19. The van der Waals surface area contributed by atoms with Crippen molar-refractivity contribution in [2.75, 3.05) is 0 Å². The van der Waals surface area contributed by atoms with E-state index in [0.717, 1.165) is 39.5 Å². The molecule has 8 aromatic carbocycles. The van der Waals surface area contributed by atoms with E-state index in [-0.39, 0.29) is 10.8 Å². The van der Waals surface area contributed by atoms with Crippen molar-refractivity contribution in [1.29, 1.82) is 0 Å². The summed E-state index contributed by atoms with van der Waals surface area (Å²) in [6, 6.07) is 72.7. The number of nitrogens with zero attached hydrogens (tertiary/aromatic N) is 3. The van der Waals surface area contributed by atoms with Crippen molar-refractivity contribution >= 4 is 21.8 Å². The van der Waals surface area contributed by atoms with E-state index >= 15 is 0 Å². The first kappa shape index (κ1) is 38.9. The lowest BCUT2D eigenvalue weighted by atomic mass is 9.85. The Kier molecular flexibility index (Phi) is 9.64. The van der Waals surface area contributed by atoms with Gasteiger partial charge in [0.25, 0.3) is 0 Å². The number of rotatable bonds is 7. The van der Waals surface area contributed by atoms with Crippen molar-refractivity contribution in [3.05, 3.63) is 211 Å². The Balaban J connectivity index is 1.02. The van der Waals surface area contributed by atoms with Crippen LogP contribution in [0.3, 0.4) is 0 Å². The second-order valence-electron chi connectivity index (χ2n) is 18.5. The van der Waals surface area contributed by atoms with Gasteiger partial charge < -0.3 is 4.57 Å². The van der Waals surface area contributed by atoms with Gasteiger partial charge in [-0.3, -0.25) is 0 Å². The van der Waals surface area contributed by atoms with Gasteiger partial charge in [0, 0.05) is 27.6 Å². The molecule has 0 aliphatic carbocycles. The molecule has 2 heterocycles. The molecule has 0 bridgehead atoms. The van der Waals surface area contributed by atoms with Crippen LogP contribution in [0.4, 0.5) is 0 Å². The van der Waals surface area contributed by atoms with Crippen LogP contribution in [0.5, 0.6) is 0 Å². The average Bonchev–Trinajstić information content (AvgIpc) is 3.89. The first-order chi connectivity index (χ1) is 30.0. The summed E-state index contributed by atoms with van der Waals surface area (Å²) in [5.41, 5.74) is 18.8. The molecule has 0 N–H and O–H groups in total. The smallest absolute Gasteiger partial charge is 0.0934 e. The van der Waals surface area contributed by atoms with Crippen LogP contribution in [0.25, 0.3) is 89.1 Å². The molecule has 0 fully saturated rings. The third kappa shape index (κ3) is 7.14. The maximum absolute atomic E-state index is 5.13. The molecular weight excluding hydrogens is 751 g/mol. The minimum absolute atomic E-state index is 0.0570. The second kappa shape index (κ2) is 15.3. The highest BCUT2D eigenvalue weighted by Crippen LogP contribution is 2.41. The van der Waals surface area contributed by atoms with Crippen LogP contribution in [0.1, 0.15) is 52.7 Å². The monoisotopic (exact) mass is 801 g/mol. The highest BCUT2D eigenvalue weighted by Gasteiger charge is 2.22. The van der Waals surface area contributed by atoms with Crippen LogP contribution < -0.4 is 0 Å². The van der Waals surface area contributed by atoms with Gasteiger partial charge in [0.15, 0.2) is 0 Å². The fourth-order valence-corrected chi connectivity index (χ4v) is 8.89. The molecule has 0 spiro atoms. The van der Waals surface area contributed by atoms with E-state index in [1.165, 1.54) is 60.8 Å². The molecule has 3 nitrogen and oxygen atoms in total. The standard InChI is InChI=1S/C59H51N3/c1-58(2,3)44-29-35-55-52(37-44)53-38-45(59(4,5)6)30-36-56(53)61(55)46-31-25-40(26-32-46)48-21-13-15-23-50(48)51-24-16-14-22-49(51)41-27-33-47(34-28-41)62-57(43-19-11-8-12-20-43)39-54(60-62)42-17-9-7-10-18-42/h7-39H,1-6H3. The molecule has 10 rings (SSSR count). The largest absolute Gasteiger partial charge is 0.309 e. The van der Waals surface area contributed by atoms with E-state index in [4.69, 9.17) is 5.10 Å². The topological polar surface area (TPSA) is 22.8 Å². The van der Waals surface area contributed by atoms with E-state index in [9.17, 15) is 0 Å². The summed E-state index contributed by atoms with van der Waals surface area (Å²) in [5, 5.41) is 7.73. The Morgan fingerprint density at radius 2 is 0.774 bits per heavy atom. The van der Waals surface area contributed by atoms with E-state index in [0.29, 0.717) is 0 Å². The van der Waals surface area contributed by atoms with Crippen molar-refractivity contribution < 1.29 is 0 Å². The molecule has 0 atom stereocenters. The summed E-state index contributed by atoms with van der Waals surface area (Å²) in [6.45, 7) is 13.8. The lowest BCUT2D eigenvalue weighted by molar-refractivity contribution is 0.590. The van der Waals surface area contributed by atoms with Crippen molar-refractivity contribution in [1.82, 2.24) is 14.3 Å². The highest BCUT2D eigenvalue weighted by molar-refractivity contribution is 6.10. The van der Waals surface area contributed by atoms with Crippen LogP contribution in [0, 0.1) is 0 Å². The van der Waals surface area contributed by atoms with Crippen molar-refractivity contribution in [3.63, 3.8) is 0 Å². The number of fused-ring (bicyclic) bond motifs is 3. The molecule has 10 aromatic rings. The number of hydrogen-bond acceptors (Lipinski definition) is 1. The first-order valence-electron chi connectivity index (χ1n) is 21.7. The van der Waals surface area contributed by atoms with Gasteiger partial charge in [-0.25, -0.2) is 4.68 Å². The molecule has 0 aliphatic rings. The molecule has 0 saturated carbocycles. The van der Waals surface area contributed by atoms with Crippen LogP contribution in [0.15, 0.2) is 200 Å². The van der Waals surface area contributed by atoms with Gasteiger partial charge in [0.05, 0.1) is 28.1 Å². The maximum Gasteiger partial charge on any atom is 0.0934 e. The van der Waals surface area contributed by atoms with Gasteiger partial charge in [-0.15, -0.1) is 0 Å². The summed E-state index contributed by atoms with van der Waals surface area (Å²) in [6.07, 6.45) is 0. The average molecular weight is 802 g/mol. The van der Waals surface area contributed by atoms with E-state index in [1.54, 1.807) is 0 Å². The van der Waals surface area contributed by atoms with Gasteiger partial charge in [-0.2, -0.15) is 5.10 Å². The number of aromatic nitrogens is 3. The van der Waals surface area contributed by atoms with Crippen LogP contribution in [0.2, 0.25) is 0 Å². The van der Waals surface area contributed by atoms with Crippen LogP contribution in [-0.4, -0.2) is 14.3 Å². The Morgan fingerprint density at radius 1 is 0.355 bits per heavy atom. The van der Waals surface area contributed by atoms with E-state index in [2.05, 4.69) is 245 Å². The maximum atomic E-state index is 5.13. The summed E-state index contributed by atoms with van der Waals surface area (Å²) in [5.74, 6) is 0. The SMILES string of the molecule is CC(C)(C)c1ccc2c(c1)c1cc(C(C)(C)C)ccc1n2-c1ccc(-c2ccccc2-c2ccccc2-c2ccc(-n3nc(-c4ccccc4)cc3-c3ccccc3)cc2)cc1. The second-order valence-corrected chi connectivity index (χ2v) is 18.5. The molecule has 0 saturated heterocycles. The molecule has 62 heavy (non-hydrogen) atoms. The van der Waals surface area contributed by atoms with E-state index in [1.807, 2.05) is 6.07 Å². The molecule has 3 heteroatoms. The third-order valence-corrected chi connectivity index (χ3v) is 12.3. The van der Waals surface area contributed by atoms with E-state index < -0.39 is 0 Å². The van der Waals surface area contributed by atoms with Crippen molar-refractivity contribution in [2.45, 2.75) is 52.4 Å². The summed E-state index contributed by atoms with van der Waals surface area (Å²) in [4.78, 5) is 0. The van der Waals surface area contributed by atoms with Gasteiger partial charge in [0.1, 0.15) is 0 Å². The highest BCUT2D eigenvalue weighted by atomic mass is 15.3. The normalized spacial score (nSPS) is 12.0. The predicted molar refractivity (Wildman–Crippen MR) is 262 cm³/mol. The van der Waals surface area contributed by atoms with Crippen LogP contribution in [-0.2, 0) is 10.8 Å². The number of hydrogen-bond donors (Lipinski definition) is 0. The summed E-state index contributed by atoms with van der Waals surface area (Å²) in [7, 11) is 0. The minimum Gasteiger partial charge on any atom is -0.309 e. The quantitative estimate of drug-likeness (QED) is 0.157. The molecule has 0 aliphatic heterocycles. The molecule has 0 amide bonds. The molecule has 0 radical (unpaired) electrons. The Bertz CT molecular complexity index is 3140. The molecule has 2 aromatic heterocycles. The fraction of sp³-hybridized carbons (Fsp3) is 0.136. The predicted octanol–water partition coefficient (Wildman–Crippen LogP) is 15.9. The Morgan fingerprint density at radius 3 is 1.24 bits per heavy atom. The van der Waals surface area contributed by atoms with Crippen LogP contribution >= 0.6 is 0 Å². The minimum atomic E-state index is 0.0570. The fourth-order valence-electron chi connectivity index (χ4n) is 8.89. The molecular formula is C59H51N3. The Hall–Kier alpha value is -7.23. The summed E-state index contributed by atoms with van der Waals surface area (Å²) >= 11 is 0. The van der Waals surface area contributed by atoms with Crippen molar-refractivity contribution in [3.8, 4) is 67.3 Å². The summed E-state index contributed by atoms with van der Waals surface area (Å²) < 4.78 is 4.50. The molecule has 0 unspecified atom stereocenters. The Labute approximate surface area is 365 Å². The first-order valence-corrected chi connectivity index (χ1v) is 21.7. The zero-order valence-electron chi connectivity index (χ0n) is 36.4. The zero-order valence-corrected chi connectivity index (χ0v) is 36.4.